The Morgan fingerprint density at radius 1 is 1.20 bits per heavy atom. The number of methoxy groups -OCH3 is 1. The topological polar surface area (TPSA) is 51.2 Å². The highest BCUT2D eigenvalue weighted by Crippen LogP contribution is 2.31. The number of carbonyl (C=O) groups is 1. The van der Waals surface area contributed by atoms with Crippen molar-refractivity contribution in [3.05, 3.63) is 28.6 Å². The first-order valence-corrected chi connectivity index (χ1v) is 10.1. The molecule has 1 aromatic carbocycles. The predicted octanol–water partition coefficient (Wildman–Crippen LogP) is 5.25. The van der Waals surface area contributed by atoms with Crippen molar-refractivity contribution in [2.45, 2.75) is 46.0 Å². The van der Waals surface area contributed by atoms with Crippen LogP contribution in [-0.4, -0.2) is 23.8 Å². The van der Waals surface area contributed by atoms with E-state index >= 15 is 0 Å². The van der Waals surface area contributed by atoms with Gasteiger partial charge in [0.2, 0.25) is 5.91 Å². The molecule has 2 rings (SSSR count). The van der Waals surface area contributed by atoms with Gasteiger partial charge >= 0.3 is 0 Å². The molecule has 0 radical (unpaired) electrons. The fourth-order valence-electron chi connectivity index (χ4n) is 2.82. The van der Waals surface area contributed by atoms with Gasteiger partial charge in [0.15, 0.2) is 5.13 Å². The largest absolute Gasteiger partial charge is 0.496 e. The lowest BCUT2D eigenvalue weighted by molar-refractivity contribution is -0.116. The predicted molar refractivity (Wildman–Crippen MR) is 109 cm³/mol. The molecule has 0 spiro atoms. The highest BCUT2D eigenvalue weighted by Gasteiger charge is 2.11. The number of ether oxygens (including phenoxy) is 1. The molecule has 0 saturated carbocycles. The number of anilines is 1. The number of thiazole rings is 1. The van der Waals surface area contributed by atoms with Crippen LogP contribution < -0.4 is 10.1 Å². The zero-order chi connectivity index (χ0) is 18.2. The van der Waals surface area contributed by atoms with Crippen molar-refractivity contribution in [2.24, 2.45) is 0 Å². The van der Waals surface area contributed by atoms with E-state index in [1.54, 1.807) is 7.11 Å². The molecule has 1 aromatic heterocycles. The summed E-state index contributed by atoms with van der Waals surface area (Å²) in [5.74, 6) is 1.86. The number of nitrogens with one attached hydrogen (secondary N) is 1. The number of aryl methyl sites for hydroxylation is 2. The summed E-state index contributed by atoms with van der Waals surface area (Å²) in [4.78, 5) is 16.6. The van der Waals surface area contributed by atoms with Gasteiger partial charge in [-0.3, -0.25) is 4.79 Å². The van der Waals surface area contributed by atoms with Gasteiger partial charge < -0.3 is 10.1 Å². The maximum atomic E-state index is 12.0. The molecule has 136 valence electrons. The number of carbonyl (C=O) groups excluding carboxylic acids is 1. The Labute approximate surface area is 159 Å². The lowest BCUT2D eigenvalue weighted by Gasteiger charge is -2.10. The van der Waals surface area contributed by atoms with Gasteiger partial charge in [-0.15, -0.1) is 11.3 Å². The molecule has 0 unspecified atom stereocenters. The maximum absolute atomic E-state index is 12.0. The number of hydrogen-bond acceptors (Lipinski definition) is 5. The SMILES string of the molecule is COc1c(C)cc(-c2csc(NC(=O)CCCCCCS)n2)cc1C. The Morgan fingerprint density at radius 2 is 1.88 bits per heavy atom. The number of aromatic nitrogens is 1. The molecule has 0 saturated heterocycles. The van der Waals surface area contributed by atoms with E-state index in [4.69, 9.17) is 4.74 Å². The third-order valence-electron chi connectivity index (χ3n) is 4.02. The number of thiol groups is 1. The van der Waals surface area contributed by atoms with Crippen LogP contribution in [0.2, 0.25) is 0 Å². The molecule has 0 bridgehead atoms. The Balaban J connectivity index is 1.95. The molecule has 1 amide bonds. The minimum absolute atomic E-state index is 0.0360. The molecule has 0 aliphatic heterocycles. The second-order valence-electron chi connectivity index (χ2n) is 6.12. The zero-order valence-electron chi connectivity index (χ0n) is 15.1. The lowest BCUT2D eigenvalue weighted by Crippen LogP contribution is -2.10. The average Bonchev–Trinajstić information content (AvgIpc) is 3.03. The molecule has 25 heavy (non-hydrogen) atoms. The van der Waals surface area contributed by atoms with E-state index in [1.807, 2.05) is 19.2 Å². The van der Waals surface area contributed by atoms with Crippen LogP contribution >= 0.6 is 24.0 Å². The molecule has 0 fully saturated rings. The van der Waals surface area contributed by atoms with Crippen molar-refractivity contribution in [1.82, 2.24) is 4.98 Å². The maximum Gasteiger partial charge on any atom is 0.226 e. The van der Waals surface area contributed by atoms with Crippen molar-refractivity contribution in [3.63, 3.8) is 0 Å². The number of rotatable bonds is 9. The summed E-state index contributed by atoms with van der Waals surface area (Å²) in [7, 11) is 1.68. The quantitative estimate of drug-likeness (QED) is 0.462. The fraction of sp³-hybridized carbons (Fsp3) is 0.474. The van der Waals surface area contributed by atoms with Crippen LogP contribution in [0.3, 0.4) is 0 Å². The Hall–Kier alpha value is -1.53. The third-order valence-corrected chi connectivity index (χ3v) is 5.10. The van der Waals surface area contributed by atoms with Crippen LogP contribution in [0, 0.1) is 13.8 Å². The van der Waals surface area contributed by atoms with Gasteiger partial charge in [0, 0.05) is 17.4 Å². The summed E-state index contributed by atoms with van der Waals surface area (Å²) in [5.41, 5.74) is 4.08. The number of amides is 1. The first-order chi connectivity index (χ1) is 12.0. The van der Waals surface area contributed by atoms with E-state index in [1.165, 1.54) is 11.3 Å². The number of unbranched alkanes of at least 4 members (excludes halogenated alkanes) is 3. The highest BCUT2D eigenvalue weighted by molar-refractivity contribution is 7.80. The van der Waals surface area contributed by atoms with E-state index in [-0.39, 0.29) is 5.91 Å². The number of hydrogen-bond donors (Lipinski definition) is 2. The Bertz CT molecular complexity index is 690. The first kappa shape index (κ1) is 19.8. The second kappa shape index (κ2) is 9.82. The van der Waals surface area contributed by atoms with Crippen molar-refractivity contribution < 1.29 is 9.53 Å². The van der Waals surface area contributed by atoms with Crippen LogP contribution in [0.4, 0.5) is 5.13 Å². The zero-order valence-corrected chi connectivity index (χ0v) is 16.8. The summed E-state index contributed by atoms with van der Waals surface area (Å²) in [6.45, 7) is 4.05. The molecular weight excluding hydrogens is 352 g/mol. The van der Waals surface area contributed by atoms with Crippen LogP contribution in [0.15, 0.2) is 17.5 Å². The summed E-state index contributed by atoms with van der Waals surface area (Å²) in [6.07, 6.45) is 4.77. The van der Waals surface area contributed by atoms with Gasteiger partial charge in [0.05, 0.1) is 12.8 Å². The number of nitrogens with zero attached hydrogens (tertiary/aromatic N) is 1. The summed E-state index contributed by atoms with van der Waals surface area (Å²) < 4.78 is 5.41. The van der Waals surface area contributed by atoms with Gasteiger partial charge in [-0.25, -0.2) is 4.98 Å². The molecule has 2 aromatic rings. The van der Waals surface area contributed by atoms with Crippen molar-refractivity contribution in [2.75, 3.05) is 18.2 Å². The molecule has 0 aliphatic rings. The van der Waals surface area contributed by atoms with Crippen LogP contribution in [0.25, 0.3) is 11.3 Å². The van der Waals surface area contributed by atoms with Gasteiger partial charge in [0.25, 0.3) is 0 Å². The second-order valence-corrected chi connectivity index (χ2v) is 7.42. The fourth-order valence-corrected chi connectivity index (χ4v) is 3.78. The Kier molecular flexibility index (Phi) is 7.78. The van der Waals surface area contributed by atoms with Crippen LogP contribution in [-0.2, 0) is 4.79 Å². The minimum atomic E-state index is 0.0360. The lowest BCUT2D eigenvalue weighted by atomic mass is 10.0. The van der Waals surface area contributed by atoms with Gasteiger partial charge in [-0.1, -0.05) is 12.8 Å². The normalized spacial score (nSPS) is 10.7. The van der Waals surface area contributed by atoms with Gasteiger partial charge in [0.1, 0.15) is 5.75 Å². The smallest absolute Gasteiger partial charge is 0.226 e. The minimum Gasteiger partial charge on any atom is -0.496 e. The monoisotopic (exact) mass is 378 g/mol. The Morgan fingerprint density at radius 3 is 2.52 bits per heavy atom. The van der Waals surface area contributed by atoms with E-state index < -0.39 is 0 Å². The molecule has 0 aliphatic carbocycles. The highest BCUT2D eigenvalue weighted by atomic mass is 32.1. The van der Waals surface area contributed by atoms with Gasteiger partial charge in [-0.2, -0.15) is 12.6 Å². The summed E-state index contributed by atoms with van der Waals surface area (Å²) >= 11 is 5.65. The van der Waals surface area contributed by atoms with Crippen molar-refractivity contribution in [1.29, 1.82) is 0 Å². The molecular formula is C19H26N2O2S2. The molecule has 0 atom stereocenters. The summed E-state index contributed by atoms with van der Waals surface area (Å²) in [5, 5.41) is 5.53. The van der Waals surface area contributed by atoms with Crippen LogP contribution in [0.1, 0.15) is 43.2 Å². The molecule has 1 N–H and O–H groups in total. The molecule has 1 heterocycles. The van der Waals surface area contributed by atoms with Crippen molar-refractivity contribution >= 4 is 35.0 Å². The summed E-state index contributed by atoms with van der Waals surface area (Å²) in [6, 6.07) is 4.13. The number of benzene rings is 1. The van der Waals surface area contributed by atoms with E-state index in [2.05, 4.69) is 35.1 Å². The van der Waals surface area contributed by atoms with Crippen molar-refractivity contribution in [3.8, 4) is 17.0 Å². The van der Waals surface area contributed by atoms with E-state index in [0.29, 0.717) is 11.6 Å². The van der Waals surface area contributed by atoms with Crippen LogP contribution in [0.5, 0.6) is 5.75 Å². The molecule has 4 nitrogen and oxygen atoms in total. The van der Waals surface area contributed by atoms with E-state index in [0.717, 1.165) is 59.6 Å². The third kappa shape index (κ3) is 5.75. The van der Waals surface area contributed by atoms with Gasteiger partial charge in [-0.05, 0) is 55.7 Å². The van der Waals surface area contributed by atoms with E-state index in [9.17, 15) is 4.79 Å². The standard InChI is InChI=1S/C19H26N2O2S2/c1-13-10-15(11-14(2)18(13)23-3)16-12-25-19(20-16)21-17(22)8-6-4-5-7-9-24/h10-12,24H,4-9H2,1-3H3,(H,20,21,22). The average molecular weight is 379 g/mol. The first-order valence-electron chi connectivity index (χ1n) is 8.57. The molecule has 6 heteroatoms.